The molecule has 4 aromatic heterocycles. The average Bonchev–Trinajstić information content (AvgIpc) is 3.09. The number of anilines is 1. The molecule has 0 amide bonds. The molecule has 154 valence electrons. The van der Waals surface area contributed by atoms with E-state index in [1.165, 1.54) is 0 Å². The van der Waals surface area contributed by atoms with Crippen LogP contribution >= 0.6 is 0 Å². The number of hydrogen-bond acceptors (Lipinski definition) is 6. The fourth-order valence-corrected chi connectivity index (χ4v) is 4.19. The Kier molecular flexibility index (Phi) is 4.32. The number of aromatic nitrogens is 5. The number of pyridine rings is 1. The molecule has 30 heavy (non-hydrogen) atoms. The summed E-state index contributed by atoms with van der Waals surface area (Å²) in [5, 5.41) is 8.09. The van der Waals surface area contributed by atoms with Gasteiger partial charge >= 0.3 is 0 Å². The number of nitrogens with zero attached hydrogens (tertiary/aromatic N) is 6. The third-order valence-electron chi connectivity index (χ3n) is 5.66. The minimum absolute atomic E-state index is 0.107. The van der Waals surface area contributed by atoms with Crippen molar-refractivity contribution in [1.29, 1.82) is 0 Å². The third-order valence-corrected chi connectivity index (χ3v) is 5.66. The van der Waals surface area contributed by atoms with Crippen molar-refractivity contribution in [3.8, 4) is 11.4 Å². The zero-order chi connectivity index (χ0) is 21.0. The second kappa shape index (κ2) is 6.91. The molecule has 0 radical (unpaired) electrons. The highest BCUT2D eigenvalue weighted by Gasteiger charge is 2.18. The molecule has 0 aromatic carbocycles. The highest BCUT2D eigenvalue weighted by atomic mass is 16.1. The zero-order valence-electron chi connectivity index (χ0n) is 17.7. The summed E-state index contributed by atoms with van der Waals surface area (Å²) >= 11 is 0. The van der Waals surface area contributed by atoms with Gasteiger partial charge in [0, 0.05) is 37.9 Å². The lowest BCUT2D eigenvalue weighted by Gasteiger charge is -2.33. The lowest BCUT2D eigenvalue weighted by Crippen LogP contribution is -2.49. The minimum atomic E-state index is -0.107. The average molecular weight is 403 g/mol. The molecule has 1 aliphatic rings. The van der Waals surface area contributed by atoms with E-state index in [9.17, 15) is 4.79 Å². The Morgan fingerprint density at radius 3 is 2.60 bits per heavy atom. The Balaban J connectivity index is 1.63. The van der Waals surface area contributed by atoms with Crippen molar-refractivity contribution in [2.75, 3.05) is 24.5 Å². The number of piperazine rings is 1. The highest BCUT2D eigenvalue weighted by Crippen LogP contribution is 2.22. The van der Waals surface area contributed by atoms with Crippen LogP contribution in [0.25, 0.3) is 22.7 Å². The van der Waals surface area contributed by atoms with Crippen molar-refractivity contribution in [2.45, 2.75) is 33.7 Å². The van der Waals surface area contributed by atoms with Crippen LogP contribution in [0.2, 0.25) is 0 Å². The molecular formula is C22H25N7O. The summed E-state index contributed by atoms with van der Waals surface area (Å²) in [5.41, 5.74) is 6.52. The van der Waals surface area contributed by atoms with Crippen LogP contribution in [0.1, 0.15) is 23.7 Å². The van der Waals surface area contributed by atoms with E-state index in [0.717, 1.165) is 47.8 Å². The molecular weight excluding hydrogens is 378 g/mol. The van der Waals surface area contributed by atoms with E-state index in [2.05, 4.69) is 33.3 Å². The maximum absolute atomic E-state index is 13.0. The van der Waals surface area contributed by atoms with Crippen molar-refractivity contribution in [3.05, 3.63) is 57.8 Å². The minimum Gasteiger partial charge on any atom is -0.368 e. The first-order chi connectivity index (χ1) is 14.4. The van der Waals surface area contributed by atoms with Gasteiger partial charge in [-0.1, -0.05) is 0 Å². The van der Waals surface area contributed by atoms with Crippen LogP contribution in [0.5, 0.6) is 0 Å². The largest absolute Gasteiger partial charge is 0.368 e. The van der Waals surface area contributed by atoms with Crippen LogP contribution in [0.3, 0.4) is 0 Å². The second-order valence-corrected chi connectivity index (χ2v) is 8.22. The molecule has 0 bridgehead atoms. The molecule has 0 aliphatic carbocycles. The lowest BCUT2D eigenvalue weighted by atomic mass is 10.2. The standard InChI is InChI=1S/C22H25N7O/c1-13-7-17(27-6-5-23-15(3)10-27)12-28-20(30)9-18(25-21(13)28)19-8-14(2)22-24-16(4)11-29(22)26-19/h7-9,11-12,15,23H,5-6,10H2,1-4H3/t15-/m1/s1. The Bertz CT molecular complexity index is 1340. The van der Waals surface area contributed by atoms with Crippen LogP contribution in [-0.2, 0) is 0 Å². The van der Waals surface area contributed by atoms with Crippen molar-refractivity contribution in [1.82, 2.24) is 29.3 Å². The number of imidazole rings is 1. The molecule has 1 fully saturated rings. The number of aryl methyl sites for hydroxylation is 3. The molecule has 1 atom stereocenters. The van der Waals surface area contributed by atoms with Gasteiger partial charge in [-0.05, 0) is 51.0 Å². The van der Waals surface area contributed by atoms with Gasteiger partial charge in [-0.15, -0.1) is 0 Å². The fourth-order valence-electron chi connectivity index (χ4n) is 4.19. The van der Waals surface area contributed by atoms with Crippen LogP contribution in [0.15, 0.2) is 35.4 Å². The molecule has 1 N–H and O–H groups in total. The molecule has 1 saturated heterocycles. The topological polar surface area (TPSA) is 79.8 Å². The fraction of sp³-hybridized carbons (Fsp3) is 0.364. The quantitative estimate of drug-likeness (QED) is 0.552. The van der Waals surface area contributed by atoms with Crippen molar-refractivity contribution in [2.24, 2.45) is 0 Å². The van der Waals surface area contributed by atoms with Crippen LogP contribution in [0.4, 0.5) is 5.69 Å². The predicted octanol–water partition coefficient (Wildman–Crippen LogP) is 2.13. The number of rotatable bonds is 2. The van der Waals surface area contributed by atoms with Crippen molar-refractivity contribution >= 4 is 17.0 Å². The zero-order valence-corrected chi connectivity index (χ0v) is 17.7. The van der Waals surface area contributed by atoms with E-state index >= 15 is 0 Å². The number of hydrogen-bond donors (Lipinski definition) is 1. The maximum Gasteiger partial charge on any atom is 0.258 e. The van der Waals surface area contributed by atoms with E-state index in [1.54, 1.807) is 15.0 Å². The molecule has 0 unspecified atom stereocenters. The highest BCUT2D eigenvalue weighted by molar-refractivity contribution is 5.64. The molecule has 0 saturated carbocycles. The monoisotopic (exact) mass is 403 g/mol. The summed E-state index contributed by atoms with van der Waals surface area (Å²) in [4.78, 5) is 24.6. The van der Waals surface area contributed by atoms with Crippen molar-refractivity contribution in [3.63, 3.8) is 0 Å². The van der Waals surface area contributed by atoms with Gasteiger partial charge < -0.3 is 10.2 Å². The Labute approximate surface area is 174 Å². The van der Waals surface area contributed by atoms with Crippen LogP contribution < -0.4 is 15.8 Å². The van der Waals surface area contributed by atoms with E-state index < -0.39 is 0 Å². The lowest BCUT2D eigenvalue weighted by molar-refractivity contribution is 0.484. The van der Waals surface area contributed by atoms with Crippen LogP contribution in [0, 0.1) is 20.8 Å². The molecule has 8 nitrogen and oxygen atoms in total. The van der Waals surface area contributed by atoms with E-state index in [4.69, 9.17) is 4.98 Å². The van der Waals surface area contributed by atoms with Gasteiger partial charge in [0.25, 0.3) is 5.56 Å². The van der Waals surface area contributed by atoms with Gasteiger partial charge in [0.05, 0.1) is 23.3 Å². The summed E-state index contributed by atoms with van der Waals surface area (Å²) in [6.45, 7) is 10.9. The molecule has 1 aliphatic heterocycles. The first-order valence-electron chi connectivity index (χ1n) is 10.3. The third kappa shape index (κ3) is 3.13. The van der Waals surface area contributed by atoms with Gasteiger partial charge in [-0.25, -0.2) is 14.5 Å². The van der Waals surface area contributed by atoms with Crippen LogP contribution in [-0.4, -0.2) is 49.7 Å². The summed E-state index contributed by atoms with van der Waals surface area (Å²) in [6.07, 6.45) is 3.78. The van der Waals surface area contributed by atoms with Gasteiger partial charge in [-0.2, -0.15) is 5.10 Å². The van der Waals surface area contributed by atoms with Gasteiger partial charge in [0.1, 0.15) is 11.3 Å². The van der Waals surface area contributed by atoms with Gasteiger partial charge in [-0.3, -0.25) is 9.20 Å². The van der Waals surface area contributed by atoms with Gasteiger partial charge in [0.2, 0.25) is 0 Å². The normalized spacial score (nSPS) is 17.2. The molecule has 5 rings (SSSR count). The molecule has 0 spiro atoms. The first kappa shape index (κ1) is 18.7. The van der Waals surface area contributed by atoms with E-state index in [0.29, 0.717) is 23.1 Å². The Morgan fingerprint density at radius 1 is 1.00 bits per heavy atom. The SMILES string of the molecule is Cc1cn2nc(-c3cc(=O)n4cc(N5CCN[C@H](C)C5)cc(C)c4n3)cc(C)c2n1. The Morgan fingerprint density at radius 2 is 1.80 bits per heavy atom. The van der Waals surface area contributed by atoms with Crippen molar-refractivity contribution < 1.29 is 0 Å². The molecule has 5 heterocycles. The summed E-state index contributed by atoms with van der Waals surface area (Å²) < 4.78 is 3.40. The number of fused-ring (bicyclic) bond motifs is 2. The Hall–Kier alpha value is -3.26. The number of nitrogens with one attached hydrogen (secondary N) is 1. The second-order valence-electron chi connectivity index (χ2n) is 8.22. The maximum atomic E-state index is 13.0. The first-order valence-corrected chi connectivity index (χ1v) is 10.3. The predicted molar refractivity (Wildman–Crippen MR) is 117 cm³/mol. The summed E-state index contributed by atoms with van der Waals surface area (Å²) in [7, 11) is 0. The van der Waals surface area contributed by atoms with E-state index in [1.807, 2.05) is 39.2 Å². The summed E-state index contributed by atoms with van der Waals surface area (Å²) in [6, 6.07) is 6.04. The molecule has 8 heteroatoms. The summed E-state index contributed by atoms with van der Waals surface area (Å²) in [5.74, 6) is 0. The smallest absolute Gasteiger partial charge is 0.258 e. The molecule has 4 aromatic rings. The van der Waals surface area contributed by atoms with E-state index in [-0.39, 0.29) is 5.56 Å². The van der Waals surface area contributed by atoms with Gasteiger partial charge in [0.15, 0.2) is 5.65 Å².